The van der Waals surface area contributed by atoms with Gasteiger partial charge in [-0.3, -0.25) is 4.72 Å². The second kappa shape index (κ2) is 5.37. The first kappa shape index (κ1) is 14.4. The quantitative estimate of drug-likeness (QED) is 0.770. The van der Waals surface area contributed by atoms with Crippen molar-refractivity contribution in [3.63, 3.8) is 0 Å². The topological polar surface area (TPSA) is 85.8 Å². The minimum absolute atomic E-state index is 0.0732. The summed E-state index contributed by atoms with van der Waals surface area (Å²) in [5.74, 6) is 0. The summed E-state index contributed by atoms with van der Waals surface area (Å²) < 4.78 is 27.4. The number of halogens is 1. The molecule has 0 radical (unpaired) electrons. The van der Waals surface area contributed by atoms with Gasteiger partial charge >= 0.3 is 0 Å². The maximum Gasteiger partial charge on any atom is 0.262 e. The molecule has 22 heavy (non-hydrogen) atoms. The number of para-hydroxylation sites is 1. The highest BCUT2D eigenvalue weighted by Crippen LogP contribution is 2.27. The monoisotopic (exact) mass is 331 g/mol. The molecule has 1 aromatic heterocycles. The van der Waals surface area contributed by atoms with Crippen molar-refractivity contribution in [2.45, 2.75) is 4.90 Å². The van der Waals surface area contributed by atoms with E-state index in [1.165, 1.54) is 12.1 Å². The predicted molar refractivity (Wildman–Crippen MR) is 85.3 cm³/mol. The molecule has 110 valence electrons. The van der Waals surface area contributed by atoms with Gasteiger partial charge in [0.15, 0.2) is 0 Å². The fourth-order valence-corrected chi connectivity index (χ4v) is 3.54. The van der Waals surface area contributed by atoms with Crippen LogP contribution in [0.4, 0.5) is 5.69 Å². The number of sulfonamides is 1. The zero-order chi connectivity index (χ0) is 15.7. The number of hydrogen-bond acceptors (Lipinski definition) is 3. The average molecular weight is 332 g/mol. The average Bonchev–Trinajstić information content (AvgIpc) is 2.91. The van der Waals surface area contributed by atoms with Crippen molar-refractivity contribution in [1.29, 1.82) is 5.26 Å². The van der Waals surface area contributed by atoms with Crippen molar-refractivity contribution in [3.8, 4) is 6.07 Å². The van der Waals surface area contributed by atoms with Crippen LogP contribution in [0, 0.1) is 11.3 Å². The van der Waals surface area contributed by atoms with Gasteiger partial charge in [-0.2, -0.15) is 5.26 Å². The Kier molecular flexibility index (Phi) is 3.53. The summed E-state index contributed by atoms with van der Waals surface area (Å²) in [7, 11) is -3.76. The number of benzene rings is 2. The van der Waals surface area contributed by atoms with Crippen LogP contribution in [0.5, 0.6) is 0 Å². The van der Waals surface area contributed by atoms with Crippen molar-refractivity contribution in [2.75, 3.05) is 4.72 Å². The second-order valence-electron chi connectivity index (χ2n) is 4.61. The second-order valence-corrected chi connectivity index (χ2v) is 6.72. The summed E-state index contributed by atoms with van der Waals surface area (Å²) in [5, 5.41) is 10.0. The number of rotatable bonds is 3. The number of nitrogens with one attached hydrogen (secondary N) is 2. The van der Waals surface area contributed by atoms with Gasteiger partial charge in [-0.1, -0.05) is 29.8 Å². The number of nitrogens with zero attached hydrogens (tertiary/aromatic N) is 1. The van der Waals surface area contributed by atoms with Gasteiger partial charge in [-0.15, -0.1) is 0 Å². The van der Waals surface area contributed by atoms with E-state index >= 15 is 0 Å². The highest BCUT2D eigenvalue weighted by Gasteiger charge is 2.17. The highest BCUT2D eigenvalue weighted by atomic mass is 35.5. The molecule has 0 unspecified atom stereocenters. The van der Waals surface area contributed by atoms with Crippen LogP contribution in [0.25, 0.3) is 10.9 Å². The summed E-state index contributed by atoms with van der Waals surface area (Å²) in [6.07, 6.45) is 1.54. The molecule has 5 nitrogen and oxygen atoms in total. The normalized spacial score (nSPS) is 11.3. The van der Waals surface area contributed by atoms with E-state index in [-0.39, 0.29) is 4.90 Å². The fraction of sp³-hybridized carbons (Fsp3) is 0. The van der Waals surface area contributed by atoms with E-state index in [0.29, 0.717) is 27.2 Å². The summed E-state index contributed by atoms with van der Waals surface area (Å²) in [4.78, 5) is 2.99. The lowest BCUT2D eigenvalue weighted by atomic mass is 10.2. The third kappa shape index (κ3) is 2.52. The van der Waals surface area contributed by atoms with Crippen LogP contribution >= 0.6 is 11.6 Å². The van der Waals surface area contributed by atoms with E-state index in [2.05, 4.69) is 15.8 Å². The van der Waals surface area contributed by atoms with E-state index < -0.39 is 10.0 Å². The number of hydrogen-bond donors (Lipinski definition) is 2. The first-order chi connectivity index (χ1) is 10.5. The number of nitriles is 1. The zero-order valence-corrected chi connectivity index (χ0v) is 12.7. The summed E-state index contributed by atoms with van der Waals surface area (Å²) >= 11 is 5.84. The lowest BCUT2D eigenvalue weighted by Crippen LogP contribution is -2.13. The number of aromatic amines is 1. The maximum absolute atomic E-state index is 12.4. The van der Waals surface area contributed by atoms with Gasteiger partial charge in [0.25, 0.3) is 10.0 Å². The van der Waals surface area contributed by atoms with E-state index in [1.807, 2.05) is 0 Å². The number of aromatic nitrogens is 1. The Balaban J connectivity index is 2.07. The zero-order valence-electron chi connectivity index (χ0n) is 11.2. The molecule has 0 saturated carbocycles. The number of fused-ring (bicyclic) bond motifs is 1. The molecule has 0 amide bonds. The molecule has 0 fully saturated rings. The van der Waals surface area contributed by atoms with Gasteiger partial charge < -0.3 is 4.98 Å². The molecule has 3 aromatic rings. The van der Waals surface area contributed by atoms with Crippen molar-refractivity contribution >= 4 is 38.2 Å². The molecule has 0 aliphatic carbocycles. The minimum atomic E-state index is -3.76. The van der Waals surface area contributed by atoms with Crippen LogP contribution in [-0.4, -0.2) is 13.4 Å². The van der Waals surface area contributed by atoms with Gasteiger partial charge in [0, 0.05) is 16.6 Å². The number of H-pyrrole nitrogens is 1. The summed E-state index contributed by atoms with van der Waals surface area (Å²) in [6, 6.07) is 13.1. The molecule has 0 aliphatic heterocycles. The maximum atomic E-state index is 12.4. The van der Waals surface area contributed by atoms with Crippen LogP contribution in [0.15, 0.2) is 53.6 Å². The largest absolute Gasteiger partial charge is 0.358 e. The van der Waals surface area contributed by atoms with Gasteiger partial charge in [0.05, 0.1) is 21.7 Å². The molecule has 0 bridgehead atoms. The Morgan fingerprint density at radius 3 is 2.68 bits per heavy atom. The highest BCUT2D eigenvalue weighted by molar-refractivity contribution is 7.92. The van der Waals surface area contributed by atoms with Crippen molar-refractivity contribution < 1.29 is 8.42 Å². The molecule has 3 rings (SSSR count). The lowest BCUT2D eigenvalue weighted by Gasteiger charge is -2.09. The predicted octanol–water partition coefficient (Wildman–Crippen LogP) is 3.49. The van der Waals surface area contributed by atoms with E-state index in [4.69, 9.17) is 16.9 Å². The lowest BCUT2D eigenvalue weighted by molar-refractivity contribution is 0.601. The van der Waals surface area contributed by atoms with E-state index in [1.54, 1.807) is 36.5 Å². The molecular formula is C15H10ClN3O2S. The Morgan fingerprint density at radius 1 is 1.18 bits per heavy atom. The summed E-state index contributed by atoms with van der Waals surface area (Å²) in [6.45, 7) is 0. The molecule has 2 N–H and O–H groups in total. The minimum Gasteiger partial charge on any atom is -0.358 e. The van der Waals surface area contributed by atoms with Crippen LogP contribution in [0.1, 0.15) is 5.56 Å². The standard InChI is InChI=1S/C15H10ClN3O2S/c16-11-3-1-4-12(7-11)22(20,21)19-14-6-2-5-13-10(8-17)9-18-15(13)14/h1-7,9,18-19H. The van der Waals surface area contributed by atoms with Crippen LogP contribution < -0.4 is 4.72 Å². The Morgan fingerprint density at radius 2 is 1.95 bits per heavy atom. The molecule has 0 spiro atoms. The third-order valence-corrected chi connectivity index (χ3v) is 4.78. The molecule has 1 heterocycles. The van der Waals surface area contributed by atoms with Crippen LogP contribution in [0.2, 0.25) is 5.02 Å². The Labute approximate surface area is 132 Å². The van der Waals surface area contributed by atoms with Gasteiger partial charge in [0.2, 0.25) is 0 Å². The van der Waals surface area contributed by atoms with E-state index in [9.17, 15) is 8.42 Å². The SMILES string of the molecule is N#Cc1c[nH]c2c(NS(=O)(=O)c3cccc(Cl)c3)cccc12. The molecule has 0 aliphatic rings. The first-order valence-electron chi connectivity index (χ1n) is 6.30. The Hall–Kier alpha value is -2.49. The van der Waals surface area contributed by atoms with Gasteiger partial charge in [0.1, 0.15) is 6.07 Å². The number of anilines is 1. The van der Waals surface area contributed by atoms with Gasteiger partial charge in [-0.05, 0) is 24.3 Å². The van der Waals surface area contributed by atoms with Crippen LogP contribution in [0.3, 0.4) is 0 Å². The smallest absolute Gasteiger partial charge is 0.262 e. The van der Waals surface area contributed by atoms with Crippen LogP contribution in [-0.2, 0) is 10.0 Å². The summed E-state index contributed by atoms with van der Waals surface area (Å²) in [5.41, 5.74) is 1.39. The van der Waals surface area contributed by atoms with Gasteiger partial charge in [-0.25, -0.2) is 8.42 Å². The van der Waals surface area contributed by atoms with Crippen molar-refractivity contribution in [3.05, 3.63) is 59.2 Å². The van der Waals surface area contributed by atoms with E-state index in [0.717, 1.165) is 0 Å². The molecule has 0 atom stereocenters. The molecule has 2 aromatic carbocycles. The van der Waals surface area contributed by atoms with Crippen molar-refractivity contribution in [2.24, 2.45) is 0 Å². The Bertz CT molecular complexity index is 1000. The molecule has 0 saturated heterocycles. The molecular weight excluding hydrogens is 322 g/mol. The first-order valence-corrected chi connectivity index (χ1v) is 8.16. The van der Waals surface area contributed by atoms with Crippen molar-refractivity contribution in [1.82, 2.24) is 4.98 Å². The fourth-order valence-electron chi connectivity index (χ4n) is 2.17. The third-order valence-electron chi connectivity index (χ3n) is 3.19. The molecule has 7 heteroatoms.